The minimum absolute atomic E-state index is 0.0162. The van der Waals surface area contributed by atoms with Gasteiger partial charge in [-0.3, -0.25) is 14.4 Å². The van der Waals surface area contributed by atoms with Crippen molar-refractivity contribution in [3.8, 4) is 0 Å². The number of hydrogen-bond donors (Lipinski definition) is 0. The number of nitrogens with zero attached hydrogens (tertiary/aromatic N) is 4. The fraction of sp³-hybridized carbons (Fsp3) is 0.591. The first-order valence-electron chi connectivity index (χ1n) is 10.9. The van der Waals surface area contributed by atoms with Crippen molar-refractivity contribution in [1.82, 2.24) is 14.7 Å². The van der Waals surface area contributed by atoms with Crippen LogP contribution in [0.3, 0.4) is 0 Å². The summed E-state index contributed by atoms with van der Waals surface area (Å²) in [5.74, 6) is 0.242. The molecule has 0 saturated carbocycles. The van der Waals surface area contributed by atoms with E-state index in [4.69, 9.17) is 0 Å². The molecular weight excluding hydrogens is 400 g/mol. The van der Waals surface area contributed by atoms with Crippen LogP contribution in [0.25, 0.3) is 0 Å². The summed E-state index contributed by atoms with van der Waals surface area (Å²) in [6.45, 7) is 7.87. The molecule has 1 aromatic rings. The van der Waals surface area contributed by atoms with E-state index in [9.17, 15) is 14.4 Å². The number of carbonyl (C=O) groups is 3. The summed E-state index contributed by atoms with van der Waals surface area (Å²) in [5, 5.41) is 0. The number of likely N-dealkylation sites (tertiary alicyclic amines) is 1. The molecule has 30 heavy (non-hydrogen) atoms. The monoisotopic (exact) mass is 430 g/mol. The van der Waals surface area contributed by atoms with Crippen LogP contribution in [0.1, 0.15) is 36.5 Å². The number of piperazine rings is 1. The molecule has 7 nitrogen and oxygen atoms in total. The van der Waals surface area contributed by atoms with Gasteiger partial charge in [-0.1, -0.05) is 6.92 Å². The molecule has 0 atom stereocenters. The first-order valence-corrected chi connectivity index (χ1v) is 11.9. The van der Waals surface area contributed by atoms with E-state index < -0.39 is 0 Å². The Morgan fingerprint density at radius 1 is 0.967 bits per heavy atom. The third kappa shape index (κ3) is 4.49. The highest BCUT2D eigenvalue weighted by Crippen LogP contribution is 2.36. The van der Waals surface area contributed by atoms with Crippen molar-refractivity contribution >= 4 is 35.2 Å². The van der Waals surface area contributed by atoms with Crippen LogP contribution in [-0.4, -0.2) is 90.5 Å². The van der Waals surface area contributed by atoms with Crippen molar-refractivity contribution in [3.05, 3.63) is 23.8 Å². The number of thioether (sulfide) groups is 1. The van der Waals surface area contributed by atoms with Gasteiger partial charge in [0, 0.05) is 49.7 Å². The minimum Gasteiger partial charge on any atom is -0.339 e. The summed E-state index contributed by atoms with van der Waals surface area (Å²) in [4.78, 5) is 47.1. The molecule has 8 heteroatoms. The molecule has 0 aromatic heterocycles. The predicted octanol–water partition coefficient (Wildman–Crippen LogP) is 1.92. The van der Waals surface area contributed by atoms with Gasteiger partial charge in [-0.05, 0) is 44.0 Å². The van der Waals surface area contributed by atoms with Crippen LogP contribution in [0.4, 0.5) is 5.69 Å². The van der Waals surface area contributed by atoms with Crippen LogP contribution in [0.5, 0.6) is 0 Å². The highest BCUT2D eigenvalue weighted by Gasteiger charge is 2.30. The maximum atomic E-state index is 12.9. The van der Waals surface area contributed by atoms with Gasteiger partial charge in [0.15, 0.2) is 0 Å². The van der Waals surface area contributed by atoms with E-state index in [-0.39, 0.29) is 24.3 Å². The van der Waals surface area contributed by atoms with Crippen molar-refractivity contribution in [3.63, 3.8) is 0 Å². The largest absolute Gasteiger partial charge is 0.339 e. The standard InChI is InChI=1S/C22H30N4O3S/c1-2-23-10-12-24(13-11-23)20(27)15-26-18-14-17(6-7-19(18)30-16-21(26)28)22(29)25-8-4-3-5-9-25/h6-7,14H,2-5,8-13,15-16H2,1H3. The molecule has 2 fully saturated rings. The number of likely N-dealkylation sites (N-methyl/N-ethyl adjacent to an activating group) is 1. The lowest BCUT2D eigenvalue weighted by molar-refractivity contribution is -0.132. The summed E-state index contributed by atoms with van der Waals surface area (Å²) in [6, 6.07) is 5.57. The van der Waals surface area contributed by atoms with Gasteiger partial charge < -0.3 is 19.6 Å². The average molecular weight is 431 g/mol. The van der Waals surface area contributed by atoms with E-state index in [0.717, 1.165) is 50.5 Å². The van der Waals surface area contributed by atoms with E-state index >= 15 is 0 Å². The molecule has 1 aromatic carbocycles. The van der Waals surface area contributed by atoms with Crippen molar-refractivity contribution in [2.24, 2.45) is 0 Å². The normalized spacial score (nSPS) is 20.3. The van der Waals surface area contributed by atoms with Crippen LogP contribution >= 0.6 is 11.8 Å². The fourth-order valence-electron chi connectivity index (χ4n) is 4.34. The smallest absolute Gasteiger partial charge is 0.253 e. The first-order chi connectivity index (χ1) is 14.6. The Bertz CT molecular complexity index is 817. The topological polar surface area (TPSA) is 64.2 Å². The lowest BCUT2D eigenvalue weighted by atomic mass is 10.1. The van der Waals surface area contributed by atoms with Crippen molar-refractivity contribution in [2.75, 3.05) is 63.0 Å². The zero-order valence-corrected chi connectivity index (χ0v) is 18.5. The molecule has 3 aliphatic rings. The highest BCUT2D eigenvalue weighted by molar-refractivity contribution is 8.00. The number of anilines is 1. The van der Waals surface area contributed by atoms with Crippen LogP contribution in [-0.2, 0) is 9.59 Å². The summed E-state index contributed by atoms with van der Waals surface area (Å²) in [5.41, 5.74) is 1.29. The zero-order chi connectivity index (χ0) is 21.1. The number of piperidine rings is 1. The molecule has 0 unspecified atom stereocenters. The number of fused-ring (bicyclic) bond motifs is 1. The second kappa shape index (κ2) is 9.39. The summed E-state index contributed by atoms with van der Waals surface area (Å²) in [6.07, 6.45) is 3.25. The van der Waals surface area contributed by atoms with Gasteiger partial charge >= 0.3 is 0 Å². The molecule has 162 valence electrons. The van der Waals surface area contributed by atoms with Crippen LogP contribution in [0.15, 0.2) is 23.1 Å². The molecule has 3 aliphatic heterocycles. The molecule has 3 amide bonds. The zero-order valence-electron chi connectivity index (χ0n) is 17.6. The lowest BCUT2D eigenvalue weighted by Gasteiger charge is -2.36. The maximum Gasteiger partial charge on any atom is 0.253 e. The van der Waals surface area contributed by atoms with Crippen molar-refractivity contribution in [1.29, 1.82) is 0 Å². The molecule has 0 aliphatic carbocycles. The molecule has 0 radical (unpaired) electrons. The molecule has 0 spiro atoms. The number of rotatable bonds is 4. The second-order valence-electron chi connectivity index (χ2n) is 8.12. The van der Waals surface area contributed by atoms with Gasteiger partial charge in [0.05, 0.1) is 11.4 Å². The predicted molar refractivity (Wildman–Crippen MR) is 118 cm³/mol. The third-order valence-corrected chi connectivity index (χ3v) is 7.31. The Morgan fingerprint density at radius 3 is 2.40 bits per heavy atom. The number of carbonyl (C=O) groups excluding carboxylic acids is 3. The van der Waals surface area contributed by atoms with E-state index in [0.29, 0.717) is 30.1 Å². The average Bonchev–Trinajstić information content (AvgIpc) is 2.80. The maximum absolute atomic E-state index is 12.9. The second-order valence-corrected chi connectivity index (χ2v) is 9.14. The molecule has 4 rings (SSSR count). The van der Waals surface area contributed by atoms with Crippen molar-refractivity contribution < 1.29 is 14.4 Å². The first kappa shape index (κ1) is 21.2. The summed E-state index contributed by atoms with van der Waals surface area (Å²) in [7, 11) is 0. The number of benzene rings is 1. The molecular formula is C22H30N4O3S. The Labute approximate surface area is 182 Å². The quantitative estimate of drug-likeness (QED) is 0.730. The molecule has 0 N–H and O–H groups in total. The van der Waals surface area contributed by atoms with Crippen LogP contribution in [0, 0.1) is 0 Å². The van der Waals surface area contributed by atoms with E-state index in [1.165, 1.54) is 18.2 Å². The van der Waals surface area contributed by atoms with E-state index in [2.05, 4.69) is 11.8 Å². The van der Waals surface area contributed by atoms with E-state index in [1.807, 2.05) is 21.9 Å². The summed E-state index contributed by atoms with van der Waals surface area (Å²) < 4.78 is 0. The molecule has 2 saturated heterocycles. The number of hydrogen-bond acceptors (Lipinski definition) is 5. The highest BCUT2D eigenvalue weighted by atomic mass is 32.2. The number of amides is 3. The Kier molecular flexibility index (Phi) is 6.63. The Morgan fingerprint density at radius 2 is 1.70 bits per heavy atom. The van der Waals surface area contributed by atoms with Gasteiger partial charge in [0.1, 0.15) is 6.54 Å². The van der Waals surface area contributed by atoms with Crippen LogP contribution in [0.2, 0.25) is 0 Å². The van der Waals surface area contributed by atoms with Gasteiger partial charge in [0.2, 0.25) is 11.8 Å². The molecule has 3 heterocycles. The van der Waals surface area contributed by atoms with E-state index in [1.54, 1.807) is 11.0 Å². The third-order valence-electron chi connectivity index (χ3n) is 6.26. The van der Waals surface area contributed by atoms with Crippen molar-refractivity contribution in [2.45, 2.75) is 31.1 Å². The SMILES string of the molecule is CCN1CCN(C(=O)CN2C(=O)CSc3ccc(C(=O)N4CCCCC4)cc32)CC1. The van der Waals surface area contributed by atoms with Gasteiger partial charge in [-0.25, -0.2) is 0 Å². The Hall–Kier alpha value is -2.06. The molecule has 0 bridgehead atoms. The minimum atomic E-state index is -0.0735. The lowest BCUT2D eigenvalue weighted by Crippen LogP contribution is -2.52. The van der Waals surface area contributed by atoms with Crippen LogP contribution < -0.4 is 4.90 Å². The Balaban J connectivity index is 1.50. The fourth-order valence-corrected chi connectivity index (χ4v) is 5.25. The van der Waals surface area contributed by atoms with Gasteiger partial charge in [-0.15, -0.1) is 11.8 Å². The van der Waals surface area contributed by atoms with Gasteiger partial charge in [0.25, 0.3) is 5.91 Å². The van der Waals surface area contributed by atoms with Gasteiger partial charge in [-0.2, -0.15) is 0 Å². The summed E-state index contributed by atoms with van der Waals surface area (Å²) >= 11 is 1.47.